The molecular weight excluding hydrogens is 419 g/mol. The van der Waals surface area contributed by atoms with E-state index in [1.165, 1.54) is 36.1 Å². The van der Waals surface area contributed by atoms with E-state index in [1.807, 2.05) is 0 Å². The number of pyridine rings is 1. The van der Waals surface area contributed by atoms with Gasteiger partial charge >= 0.3 is 0 Å². The van der Waals surface area contributed by atoms with E-state index in [2.05, 4.69) is 5.32 Å². The Hall–Kier alpha value is -3.04. The van der Waals surface area contributed by atoms with Crippen LogP contribution < -0.4 is 10.7 Å². The van der Waals surface area contributed by atoms with E-state index in [9.17, 15) is 23.9 Å². The average molecular weight is 446 g/mol. The van der Waals surface area contributed by atoms with Crippen LogP contribution in [0.4, 0.5) is 4.39 Å². The number of aromatic hydroxyl groups is 1. The van der Waals surface area contributed by atoms with Gasteiger partial charge in [-0.3, -0.25) is 14.4 Å². The lowest BCUT2D eigenvalue weighted by Gasteiger charge is -2.41. The summed E-state index contributed by atoms with van der Waals surface area (Å²) in [5.41, 5.74) is -2.15. The van der Waals surface area contributed by atoms with Crippen molar-refractivity contribution in [2.24, 2.45) is 5.41 Å². The van der Waals surface area contributed by atoms with Crippen LogP contribution in [0.25, 0.3) is 0 Å². The highest BCUT2D eigenvalue weighted by atomic mass is 19.1. The number of halogens is 1. The van der Waals surface area contributed by atoms with Crippen molar-refractivity contribution < 1.29 is 28.6 Å². The van der Waals surface area contributed by atoms with Crippen molar-refractivity contribution in [2.75, 3.05) is 20.8 Å². The first-order valence-electron chi connectivity index (χ1n) is 10.3. The van der Waals surface area contributed by atoms with Gasteiger partial charge in [0.1, 0.15) is 17.1 Å². The zero-order valence-corrected chi connectivity index (χ0v) is 18.3. The SMILES string of the molecule is COCCC[C@]1(C)C(=O)c2c(O)c(=O)c(C(=O)NCc3ccccc3F)cn2C[C@@H]1OC. The molecule has 2 aromatic rings. The summed E-state index contributed by atoms with van der Waals surface area (Å²) in [5, 5.41) is 13.1. The number of Topliss-reactive ketones (excluding diaryl/α,β-unsaturated/α-hetero) is 1. The highest BCUT2D eigenvalue weighted by molar-refractivity contribution is 6.03. The number of ether oxygens (including phenoxy) is 2. The van der Waals surface area contributed by atoms with Gasteiger partial charge in [0.2, 0.25) is 5.43 Å². The molecule has 0 aliphatic carbocycles. The number of carbonyl (C=O) groups is 2. The van der Waals surface area contributed by atoms with Gasteiger partial charge in [-0.15, -0.1) is 0 Å². The number of carbonyl (C=O) groups excluding carboxylic acids is 2. The third-order valence-corrected chi connectivity index (χ3v) is 6.03. The minimum absolute atomic E-state index is 0.134. The number of nitrogens with zero attached hydrogens (tertiary/aromatic N) is 1. The molecule has 0 saturated carbocycles. The summed E-state index contributed by atoms with van der Waals surface area (Å²) < 4.78 is 25.8. The molecule has 1 amide bonds. The molecule has 32 heavy (non-hydrogen) atoms. The van der Waals surface area contributed by atoms with Gasteiger partial charge in [-0.25, -0.2) is 4.39 Å². The largest absolute Gasteiger partial charge is 0.503 e. The van der Waals surface area contributed by atoms with Gasteiger partial charge in [0.05, 0.1) is 18.1 Å². The normalized spacial score (nSPS) is 20.1. The van der Waals surface area contributed by atoms with Crippen molar-refractivity contribution in [3.8, 4) is 5.75 Å². The van der Waals surface area contributed by atoms with Crippen molar-refractivity contribution in [3.05, 3.63) is 63.3 Å². The van der Waals surface area contributed by atoms with Crippen LogP contribution in [0.3, 0.4) is 0 Å². The second-order valence-electron chi connectivity index (χ2n) is 8.06. The van der Waals surface area contributed by atoms with Gasteiger partial charge in [0, 0.05) is 39.1 Å². The Labute approximate surface area is 185 Å². The maximum Gasteiger partial charge on any atom is 0.257 e. The quantitative estimate of drug-likeness (QED) is 0.603. The number of rotatable bonds is 8. The van der Waals surface area contributed by atoms with Crippen molar-refractivity contribution in [3.63, 3.8) is 0 Å². The zero-order chi connectivity index (χ0) is 23.5. The maximum absolute atomic E-state index is 13.8. The molecule has 0 fully saturated rings. The molecule has 2 N–H and O–H groups in total. The molecular formula is C23H27FN2O6. The first kappa shape index (κ1) is 23.6. The van der Waals surface area contributed by atoms with Crippen LogP contribution >= 0.6 is 0 Å². The van der Waals surface area contributed by atoms with Crippen molar-refractivity contribution in [1.82, 2.24) is 9.88 Å². The van der Waals surface area contributed by atoms with E-state index in [4.69, 9.17) is 9.47 Å². The minimum Gasteiger partial charge on any atom is -0.503 e. The van der Waals surface area contributed by atoms with Crippen LogP contribution in [0.2, 0.25) is 0 Å². The fourth-order valence-electron chi connectivity index (χ4n) is 4.10. The van der Waals surface area contributed by atoms with Gasteiger partial charge in [-0.05, 0) is 25.8 Å². The van der Waals surface area contributed by atoms with E-state index >= 15 is 0 Å². The summed E-state index contributed by atoms with van der Waals surface area (Å²) >= 11 is 0. The number of aromatic nitrogens is 1. The average Bonchev–Trinajstić information content (AvgIpc) is 2.77. The topological polar surface area (TPSA) is 107 Å². The number of fused-ring (bicyclic) bond motifs is 1. The molecule has 0 saturated heterocycles. The lowest BCUT2D eigenvalue weighted by atomic mass is 9.72. The summed E-state index contributed by atoms with van der Waals surface area (Å²) in [5.74, 6) is -2.47. The molecule has 172 valence electrons. The van der Waals surface area contributed by atoms with Gasteiger partial charge in [0.15, 0.2) is 11.5 Å². The number of ketones is 1. The second-order valence-corrected chi connectivity index (χ2v) is 8.06. The van der Waals surface area contributed by atoms with Crippen LogP contribution in [0.1, 0.15) is 46.2 Å². The monoisotopic (exact) mass is 446 g/mol. The van der Waals surface area contributed by atoms with E-state index in [-0.39, 0.29) is 29.9 Å². The molecule has 2 atom stereocenters. The van der Waals surface area contributed by atoms with Crippen molar-refractivity contribution in [2.45, 2.75) is 39.0 Å². The number of hydrogen-bond donors (Lipinski definition) is 2. The molecule has 1 aliphatic heterocycles. The van der Waals surface area contributed by atoms with Gasteiger partial charge < -0.3 is 24.5 Å². The molecule has 0 radical (unpaired) electrons. The minimum atomic E-state index is -0.966. The van der Waals surface area contributed by atoms with Crippen LogP contribution in [0.15, 0.2) is 35.3 Å². The van der Waals surface area contributed by atoms with E-state index in [1.54, 1.807) is 20.1 Å². The van der Waals surface area contributed by atoms with E-state index in [0.717, 1.165) is 0 Å². The van der Waals surface area contributed by atoms with E-state index < -0.39 is 40.2 Å². The highest BCUT2D eigenvalue weighted by Crippen LogP contribution is 2.40. The molecule has 1 aromatic heterocycles. The maximum atomic E-state index is 13.8. The molecule has 2 heterocycles. The summed E-state index contributed by atoms with van der Waals surface area (Å²) in [4.78, 5) is 38.7. The Morgan fingerprint density at radius 1 is 1.31 bits per heavy atom. The molecule has 0 spiro atoms. The molecule has 1 aliphatic rings. The second kappa shape index (κ2) is 9.62. The molecule has 9 heteroatoms. The summed E-state index contributed by atoms with van der Waals surface area (Å²) in [6.45, 7) is 2.23. The highest BCUT2D eigenvalue weighted by Gasteiger charge is 2.48. The Morgan fingerprint density at radius 3 is 2.69 bits per heavy atom. The lowest BCUT2D eigenvalue weighted by molar-refractivity contribution is -0.0209. The number of amides is 1. The fourth-order valence-corrected chi connectivity index (χ4v) is 4.10. The van der Waals surface area contributed by atoms with E-state index in [0.29, 0.717) is 19.4 Å². The number of benzene rings is 1. The van der Waals surface area contributed by atoms with Gasteiger partial charge in [0.25, 0.3) is 5.91 Å². The van der Waals surface area contributed by atoms with Crippen molar-refractivity contribution >= 4 is 11.7 Å². The number of nitrogens with one attached hydrogen (secondary N) is 1. The standard InChI is InChI=1S/C23H27FN2O6/c1-23(9-6-10-31-2)17(32-3)13-26-12-15(19(27)20(28)18(26)21(23)29)22(30)25-11-14-7-4-5-8-16(14)24/h4-5,7-8,12,17,28H,6,9-11,13H2,1-3H3,(H,25,30)/t17-,23-/m0/s1. The summed E-state index contributed by atoms with van der Waals surface area (Å²) in [7, 11) is 3.06. The zero-order valence-electron chi connectivity index (χ0n) is 18.3. The molecule has 0 bridgehead atoms. The Balaban J connectivity index is 1.92. The Morgan fingerprint density at radius 2 is 2.03 bits per heavy atom. The molecule has 8 nitrogen and oxygen atoms in total. The van der Waals surface area contributed by atoms with Crippen molar-refractivity contribution in [1.29, 1.82) is 0 Å². The smallest absolute Gasteiger partial charge is 0.257 e. The first-order chi connectivity index (χ1) is 15.2. The fraction of sp³-hybridized carbons (Fsp3) is 0.435. The predicted molar refractivity (Wildman–Crippen MR) is 114 cm³/mol. The van der Waals surface area contributed by atoms with Crippen LogP contribution in [-0.2, 0) is 22.6 Å². The first-order valence-corrected chi connectivity index (χ1v) is 10.3. The Bertz CT molecular complexity index is 1080. The summed E-state index contributed by atoms with van der Waals surface area (Å²) in [6.07, 6.45) is 1.75. The third kappa shape index (κ3) is 4.31. The van der Waals surface area contributed by atoms with Crippen LogP contribution in [0.5, 0.6) is 5.75 Å². The van der Waals surface area contributed by atoms with Gasteiger partial charge in [-0.1, -0.05) is 18.2 Å². The Kier molecular flexibility index (Phi) is 7.10. The van der Waals surface area contributed by atoms with Gasteiger partial charge in [-0.2, -0.15) is 0 Å². The molecule has 0 unspecified atom stereocenters. The third-order valence-electron chi connectivity index (χ3n) is 6.03. The molecule has 1 aromatic carbocycles. The van der Waals surface area contributed by atoms with Crippen LogP contribution in [-0.4, -0.2) is 48.3 Å². The molecule has 3 rings (SSSR count). The summed E-state index contributed by atoms with van der Waals surface area (Å²) in [6, 6.07) is 5.94. The lowest BCUT2D eigenvalue weighted by Crippen LogP contribution is -2.50. The number of methoxy groups -OCH3 is 2. The predicted octanol–water partition coefficient (Wildman–Crippen LogP) is 2.27. The van der Waals surface area contributed by atoms with Crippen LogP contribution in [0, 0.1) is 11.2 Å². The number of hydrogen-bond acceptors (Lipinski definition) is 6.